The van der Waals surface area contributed by atoms with Gasteiger partial charge in [-0.3, -0.25) is 4.98 Å². The predicted octanol–water partition coefficient (Wildman–Crippen LogP) is 3.49. The van der Waals surface area contributed by atoms with Crippen molar-refractivity contribution in [3.05, 3.63) is 59.4 Å². The van der Waals surface area contributed by atoms with E-state index in [9.17, 15) is 0 Å². The number of hydrogen-bond donors (Lipinski definition) is 1. The number of aryl methyl sites for hydroxylation is 1. The molecule has 0 radical (unpaired) electrons. The van der Waals surface area contributed by atoms with Crippen LogP contribution in [0.25, 0.3) is 0 Å². The first-order valence-corrected chi connectivity index (χ1v) is 7.06. The van der Waals surface area contributed by atoms with E-state index in [2.05, 4.69) is 42.3 Å². The molecule has 3 heteroatoms. The molecule has 0 saturated carbocycles. The highest BCUT2D eigenvalue weighted by Crippen LogP contribution is 2.25. The van der Waals surface area contributed by atoms with E-state index in [0.717, 1.165) is 18.8 Å². The van der Waals surface area contributed by atoms with E-state index in [1.165, 1.54) is 16.7 Å². The van der Waals surface area contributed by atoms with Crippen LogP contribution in [-0.4, -0.2) is 18.6 Å². The lowest BCUT2D eigenvalue weighted by atomic mass is 9.99. The average Bonchev–Trinajstić information content (AvgIpc) is 2.46. The van der Waals surface area contributed by atoms with Crippen molar-refractivity contribution in [1.82, 2.24) is 10.3 Å². The molecule has 2 aromatic rings. The van der Waals surface area contributed by atoms with Gasteiger partial charge in [-0.05, 0) is 49.2 Å². The van der Waals surface area contributed by atoms with E-state index in [1.807, 2.05) is 31.6 Å². The molecule has 1 aromatic heterocycles. The smallest absolute Gasteiger partial charge is 0.119 e. The maximum absolute atomic E-state index is 5.71. The minimum Gasteiger partial charge on any atom is -0.494 e. The van der Waals surface area contributed by atoms with E-state index in [-0.39, 0.29) is 6.04 Å². The van der Waals surface area contributed by atoms with Gasteiger partial charge in [0.15, 0.2) is 0 Å². The molecule has 0 aliphatic heterocycles. The first kappa shape index (κ1) is 14.5. The molecular formula is C17H22N2O. The number of nitrogens with one attached hydrogen (secondary N) is 1. The van der Waals surface area contributed by atoms with Crippen LogP contribution < -0.4 is 10.1 Å². The quantitative estimate of drug-likeness (QED) is 0.872. The Morgan fingerprint density at radius 1 is 1.20 bits per heavy atom. The Kier molecular flexibility index (Phi) is 5.13. The monoisotopic (exact) mass is 270 g/mol. The lowest BCUT2D eigenvalue weighted by Gasteiger charge is -2.18. The molecule has 0 bridgehead atoms. The van der Waals surface area contributed by atoms with E-state index in [1.54, 1.807) is 0 Å². The average molecular weight is 270 g/mol. The first-order chi connectivity index (χ1) is 9.74. The predicted molar refractivity (Wildman–Crippen MR) is 82.1 cm³/mol. The maximum atomic E-state index is 5.71. The van der Waals surface area contributed by atoms with Crippen LogP contribution in [0.15, 0.2) is 42.7 Å². The maximum Gasteiger partial charge on any atom is 0.119 e. The third-order valence-electron chi connectivity index (χ3n) is 3.18. The van der Waals surface area contributed by atoms with Gasteiger partial charge in [0.1, 0.15) is 5.75 Å². The lowest BCUT2D eigenvalue weighted by molar-refractivity contribution is 0.317. The Bertz CT molecular complexity index is 554. The summed E-state index contributed by atoms with van der Waals surface area (Å²) in [6.45, 7) is 4.92. The third kappa shape index (κ3) is 3.58. The van der Waals surface area contributed by atoms with Gasteiger partial charge in [-0.1, -0.05) is 25.1 Å². The standard InChI is InChI=1S/C17H22N2O/c1-4-8-20-16-7-5-6-14(10-16)17(18-3)15-9-13(2)11-19-12-15/h5-7,9-12,17-18H,4,8H2,1-3H3. The van der Waals surface area contributed by atoms with Crippen LogP contribution in [0.2, 0.25) is 0 Å². The second-order valence-corrected chi connectivity index (χ2v) is 4.94. The summed E-state index contributed by atoms with van der Waals surface area (Å²) in [6, 6.07) is 10.5. The molecule has 0 aliphatic rings. The van der Waals surface area contributed by atoms with Gasteiger partial charge in [0.05, 0.1) is 12.6 Å². The van der Waals surface area contributed by atoms with Crippen molar-refractivity contribution in [1.29, 1.82) is 0 Å². The number of rotatable bonds is 6. The second kappa shape index (κ2) is 7.06. The highest BCUT2D eigenvalue weighted by atomic mass is 16.5. The molecule has 3 nitrogen and oxygen atoms in total. The molecule has 1 aromatic carbocycles. The number of benzene rings is 1. The van der Waals surface area contributed by atoms with Crippen molar-refractivity contribution in [2.75, 3.05) is 13.7 Å². The second-order valence-electron chi connectivity index (χ2n) is 4.94. The minimum atomic E-state index is 0.132. The molecule has 20 heavy (non-hydrogen) atoms. The van der Waals surface area contributed by atoms with Gasteiger partial charge in [-0.25, -0.2) is 0 Å². The fraction of sp³-hybridized carbons (Fsp3) is 0.353. The number of hydrogen-bond acceptors (Lipinski definition) is 3. The molecule has 1 atom stereocenters. The Labute approximate surface area is 121 Å². The van der Waals surface area contributed by atoms with Gasteiger partial charge in [-0.2, -0.15) is 0 Å². The van der Waals surface area contributed by atoms with Crippen LogP contribution in [0.4, 0.5) is 0 Å². The van der Waals surface area contributed by atoms with Crippen molar-refractivity contribution in [2.45, 2.75) is 26.3 Å². The summed E-state index contributed by atoms with van der Waals surface area (Å²) in [5, 5.41) is 3.35. The third-order valence-corrected chi connectivity index (χ3v) is 3.18. The Hall–Kier alpha value is -1.87. The zero-order chi connectivity index (χ0) is 14.4. The summed E-state index contributed by atoms with van der Waals surface area (Å²) in [7, 11) is 1.96. The zero-order valence-corrected chi connectivity index (χ0v) is 12.4. The first-order valence-electron chi connectivity index (χ1n) is 7.06. The van der Waals surface area contributed by atoms with Gasteiger partial charge in [-0.15, -0.1) is 0 Å². The molecule has 106 valence electrons. The molecule has 0 amide bonds. The molecule has 0 spiro atoms. The van der Waals surface area contributed by atoms with Crippen molar-refractivity contribution >= 4 is 0 Å². The highest BCUT2D eigenvalue weighted by molar-refractivity contribution is 5.36. The Morgan fingerprint density at radius 2 is 2.05 bits per heavy atom. The van der Waals surface area contributed by atoms with Gasteiger partial charge in [0.2, 0.25) is 0 Å². The Balaban J connectivity index is 2.27. The van der Waals surface area contributed by atoms with E-state index >= 15 is 0 Å². The fourth-order valence-corrected chi connectivity index (χ4v) is 2.27. The number of ether oxygens (including phenoxy) is 1. The van der Waals surface area contributed by atoms with E-state index in [0.29, 0.717) is 0 Å². The molecule has 1 heterocycles. The van der Waals surface area contributed by atoms with E-state index < -0.39 is 0 Å². The molecule has 0 aliphatic carbocycles. The van der Waals surface area contributed by atoms with Crippen molar-refractivity contribution in [2.24, 2.45) is 0 Å². The lowest BCUT2D eigenvalue weighted by Crippen LogP contribution is -2.18. The van der Waals surface area contributed by atoms with Gasteiger partial charge in [0.25, 0.3) is 0 Å². The fourth-order valence-electron chi connectivity index (χ4n) is 2.27. The van der Waals surface area contributed by atoms with Crippen LogP contribution in [0.1, 0.15) is 36.1 Å². The van der Waals surface area contributed by atoms with Crippen LogP contribution >= 0.6 is 0 Å². The molecule has 1 unspecified atom stereocenters. The number of pyridine rings is 1. The number of nitrogens with zero attached hydrogens (tertiary/aromatic N) is 1. The summed E-state index contributed by atoms with van der Waals surface area (Å²) in [5.74, 6) is 0.921. The van der Waals surface area contributed by atoms with Gasteiger partial charge >= 0.3 is 0 Å². The molecule has 1 N–H and O–H groups in total. The van der Waals surface area contributed by atoms with Gasteiger partial charge in [0, 0.05) is 12.4 Å². The number of aromatic nitrogens is 1. The summed E-state index contributed by atoms with van der Waals surface area (Å²) < 4.78 is 5.71. The minimum absolute atomic E-state index is 0.132. The molecule has 0 fully saturated rings. The van der Waals surface area contributed by atoms with Crippen LogP contribution in [0, 0.1) is 6.92 Å². The highest BCUT2D eigenvalue weighted by Gasteiger charge is 2.13. The van der Waals surface area contributed by atoms with Crippen molar-refractivity contribution in [3.8, 4) is 5.75 Å². The van der Waals surface area contributed by atoms with Crippen LogP contribution in [0.3, 0.4) is 0 Å². The summed E-state index contributed by atoms with van der Waals surface area (Å²) in [6.07, 6.45) is 4.80. The zero-order valence-electron chi connectivity index (χ0n) is 12.4. The van der Waals surface area contributed by atoms with E-state index in [4.69, 9.17) is 4.74 Å². The normalized spacial score (nSPS) is 12.2. The molecule has 2 rings (SSSR count). The molecular weight excluding hydrogens is 248 g/mol. The van der Waals surface area contributed by atoms with Crippen molar-refractivity contribution in [3.63, 3.8) is 0 Å². The SMILES string of the molecule is CCCOc1cccc(C(NC)c2cncc(C)c2)c1. The van der Waals surface area contributed by atoms with Gasteiger partial charge < -0.3 is 10.1 Å². The van der Waals surface area contributed by atoms with Crippen molar-refractivity contribution < 1.29 is 4.74 Å². The largest absolute Gasteiger partial charge is 0.494 e. The summed E-state index contributed by atoms with van der Waals surface area (Å²) in [5.41, 5.74) is 3.52. The molecule has 0 saturated heterocycles. The van der Waals surface area contributed by atoms with Crippen LogP contribution in [-0.2, 0) is 0 Å². The Morgan fingerprint density at radius 3 is 2.75 bits per heavy atom. The summed E-state index contributed by atoms with van der Waals surface area (Å²) >= 11 is 0. The van der Waals surface area contributed by atoms with Crippen LogP contribution in [0.5, 0.6) is 5.75 Å². The summed E-state index contributed by atoms with van der Waals surface area (Å²) in [4.78, 5) is 4.28. The topological polar surface area (TPSA) is 34.1 Å².